The van der Waals surface area contributed by atoms with E-state index in [0.29, 0.717) is 28.8 Å². The molecule has 194 valence electrons. The van der Waals surface area contributed by atoms with Gasteiger partial charge in [0.15, 0.2) is 5.17 Å². The molecule has 0 bridgehead atoms. The maximum atomic E-state index is 12.9. The highest BCUT2D eigenvalue weighted by molar-refractivity contribution is 8.15. The van der Waals surface area contributed by atoms with Crippen molar-refractivity contribution < 1.29 is 19.1 Å². The number of hydrogen-bond donors (Lipinski definition) is 1. The van der Waals surface area contributed by atoms with Crippen molar-refractivity contribution >= 4 is 40.1 Å². The van der Waals surface area contributed by atoms with Crippen LogP contribution in [0, 0.1) is 6.92 Å². The molecule has 5 rings (SSSR count). The second kappa shape index (κ2) is 11.1. The monoisotopic (exact) mass is 528 g/mol. The van der Waals surface area contributed by atoms with E-state index < -0.39 is 5.25 Å². The molecule has 0 radical (unpaired) electrons. The number of anilines is 1. The fourth-order valence-corrected chi connectivity index (χ4v) is 5.47. The molecule has 0 saturated heterocycles. The lowest BCUT2D eigenvalue weighted by Gasteiger charge is -2.23. The van der Waals surface area contributed by atoms with Crippen LogP contribution in [0.4, 0.5) is 5.69 Å². The van der Waals surface area contributed by atoms with Crippen LogP contribution in [0.25, 0.3) is 0 Å². The molecule has 3 aromatic carbocycles. The zero-order valence-electron chi connectivity index (χ0n) is 21.4. The minimum atomic E-state index is -0.632. The summed E-state index contributed by atoms with van der Waals surface area (Å²) >= 11 is 1.28. The molecule has 0 aromatic heterocycles. The first-order chi connectivity index (χ1) is 18.4. The minimum absolute atomic E-state index is 0.0194. The number of ether oxygens (including phenoxy) is 2. The molecule has 1 N–H and O–H groups in total. The molecule has 0 saturated carbocycles. The Morgan fingerprint density at radius 1 is 1.03 bits per heavy atom. The molecule has 2 aliphatic heterocycles. The lowest BCUT2D eigenvalue weighted by Crippen LogP contribution is -2.25. The van der Waals surface area contributed by atoms with Gasteiger partial charge in [0, 0.05) is 36.7 Å². The molecule has 0 fully saturated rings. The lowest BCUT2D eigenvalue weighted by atomic mass is 9.98. The second-order valence-electron chi connectivity index (χ2n) is 9.08. The average Bonchev–Trinajstić information content (AvgIpc) is 3.53. The molecular weight excluding hydrogens is 500 g/mol. The number of amides is 2. The fraction of sp³-hybridized carbons (Fsp3) is 0.241. The Bertz CT molecular complexity index is 1380. The van der Waals surface area contributed by atoms with Gasteiger partial charge in [-0.2, -0.15) is 10.1 Å². The maximum Gasteiger partial charge on any atom is 0.262 e. The van der Waals surface area contributed by atoms with Crippen molar-refractivity contribution in [2.45, 2.75) is 31.1 Å². The molecule has 0 aliphatic carbocycles. The van der Waals surface area contributed by atoms with E-state index in [1.165, 1.54) is 17.3 Å². The summed E-state index contributed by atoms with van der Waals surface area (Å²) in [5, 5.41) is 9.44. The van der Waals surface area contributed by atoms with Crippen LogP contribution in [0.1, 0.15) is 35.6 Å². The summed E-state index contributed by atoms with van der Waals surface area (Å²) < 4.78 is 10.5. The van der Waals surface area contributed by atoms with Gasteiger partial charge in [-0.1, -0.05) is 71.9 Å². The van der Waals surface area contributed by atoms with Crippen molar-refractivity contribution in [3.63, 3.8) is 0 Å². The maximum absolute atomic E-state index is 12.9. The summed E-state index contributed by atoms with van der Waals surface area (Å²) in [5.41, 5.74) is 4.76. The van der Waals surface area contributed by atoms with Crippen molar-refractivity contribution in [2.75, 3.05) is 19.5 Å². The Morgan fingerprint density at radius 2 is 1.71 bits per heavy atom. The number of aliphatic imine (C=N–C) groups is 1. The third kappa shape index (κ3) is 5.57. The van der Waals surface area contributed by atoms with Crippen LogP contribution in [0.5, 0.6) is 11.5 Å². The van der Waals surface area contributed by atoms with Gasteiger partial charge in [-0.25, -0.2) is 5.01 Å². The van der Waals surface area contributed by atoms with Crippen LogP contribution in [0.2, 0.25) is 0 Å². The number of hydrazone groups is 1. The highest BCUT2D eigenvalue weighted by Gasteiger charge is 2.39. The fourth-order valence-electron chi connectivity index (χ4n) is 4.41. The third-order valence-electron chi connectivity index (χ3n) is 6.41. The molecule has 2 heterocycles. The van der Waals surface area contributed by atoms with E-state index in [1.807, 2.05) is 23.2 Å². The van der Waals surface area contributed by atoms with E-state index in [0.717, 1.165) is 16.8 Å². The molecule has 38 heavy (non-hydrogen) atoms. The number of thioether (sulfide) groups is 1. The summed E-state index contributed by atoms with van der Waals surface area (Å²) in [6, 6.07) is 23.4. The summed E-state index contributed by atoms with van der Waals surface area (Å²) in [6.07, 6.45) is 0.665. The molecule has 3 aromatic rings. The Balaban J connectivity index is 1.32. The number of nitrogens with one attached hydrogen (secondary N) is 1. The molecule has 8 nitrogen and oxygen atoms in total. The number of amidine groups is 1. The lowest BCUT2D eigenvalue weighted by molar-refractivity contribution is -0.121. The van der Waals surface area contributed by atoms with E-state index in [-0.39, 0.29) is 24.3 Å². The van der Waals surface area contributed by atoms with E-state index in [2.05, 4.69) is 53.6 Å². The molecule has 2 amide bonds. The summed E-state index contributed by atoms with van der Waals surface area (Å²) in [6.45, 7) is 2.05. The van der Waals surface area contributed by atoms with Gasteiger partial charge in [0.1, 0.15) is 16.7 Å². The normalized spacial score (nSPS) is 18.7. The molecule has 2 aliphatic rings. The number of carbonyl (C=O) groups is 2. The molecular formula is C29H28N4O4S. The first kappa shape index (κ1) is 25.5. The molecule has 0 spiro atoms. The van der Waals surface area contributed by atoms with Crippen LogP contribution < -0.4 is 14.8 Å². The van der Waals surface area contributed by atoms with E-state index >= 15 is 0 Å². The number of rotatable bonds is 7. The van der Waals surface area contributed by atoms with Gasteiger partial charge in [0.05, 0.1) is 26.0 Å². The van der Waals surface area contributed by atoms with Gasteiger partial charge in [0.25, 0.3) is 5.91 Å². The summed E-state index contributed by atoms with van der Waals surface area (Å²) in [4.78, 5) is 30.0. The van der Waals surface area contributed by atoms with Crippen LogP contribution in [-0.4, -0.2) is 47.2 Å². The van der Waals surface area contributed by atoms with Crippen LogP contribution in [-0.2, 0) is 9.59 Å². The number of benzene rings is 3. The topological polar surface area (TPSA) is 92.6 Å². The summed E-state index contributed by atoms with van der Waals surface area (Å²) in [5.74, 6) is 0.473. The Hall–Kier alpha value is -4.11. The number of methoxy groups -OCH3 is 2. The van der Waals surface area contributed by atoms with Gasteiger partial charge < -0.3 is 14.8 Å². The number of hydrogen-bond acceptors (Lipinski definition) is 7. The van der Waals surface area contributed by atoms with E-state index in [1.54, 1.807) is 32.4 Å². The Labute approximate surface area is 225 Å². The van der Waals surface area contributed by atoms with Crippen molar-refractivity contribution in [2.24, 2.45) is 10.1 Å². The second-order valence-corrected chi connectivity index (χ2v) is 10.3. The molecule has 9 heteroatoms. The van der Waals surface area contributed by atoms with Gasteiger partial charge in [0.2, 0.25) is 5.91 Å². The van der Waals surface area contributed by atoms with E-state index in [9.17, 15) is 9.59 Å². The zero-order valence-corrected chi connectivity index (χ0v) is 22.2. The molecule has 2 unspecified atom stereocenters. The van der Waals surface area contributed by atoms with Gasteiger partial charge in [-0.3, -0.25) is 9.59 Å². The highest BCUT2D eigenvalue weighted by Crippen LogP contribution is 2.38. The van der Waals surface area contributed by atoms with Crippen LogP contribution >= 0.6 is 11.8 Å². The standard InChI is InChI=1S/C29H28N4O4S/c1-18-9-11-19(12-10-18)24-16-25(20-7-5-4-6-8-20)33(32-24)29-31-28(35)26(38-29)17-27(34)30-21-13-22(36-2)15-23(14-21)37-3/h4-15,25-26H,16-17H2,1-3H3,(H,30,34). The first-order valence-electron chi connectivity index (χ1n) is 12.2. The zero-order chi connectivity index (χ0) is 26.6. The highest BCUT2D eigenvalue weighted by atomic mass is 32.2. The number of aryl methyl sites for hydroxylation is 1. The minimum Gasteiger partial charge on any atom is -0.497 e. The predicted octanol–water partition coefficient (Wildman–Crippen LogP) is 5.19. The molecule has 2 atom stereocenters. The smallest absolute Gasteiger partial charge is 0.262 e. The third-order valence-corrected chi connectivity index (χ3v) is 7.55. The SMILES string of the molecule is COc1cc(NC(=O)CC2SC(N3N=C(c4ccc(C)cc4)CC3c3ccccc3)=NC2=O)cc(OC)c1. The number of carbonyl (C=O) groups excluding carboxylic acids is 2. The summed E-state index contributed by atoms with van der Waals surface area (Å²) in [7, 11) is 3.09. The first-order valence-corrected chi connectivity index (χ1v) is 13.1. The average molecular weight is 529 g/mol. The van der Waals surface area contributed by atoms with Gasteiger partial charge in [-0.05, 0) is 18.1 Å². The quantitative estimate of drug-likeness (QED) is 0.454. The Kier molecular flexibility index (Phi) is 7.46. The van der Waals surface area contributed by atoms with Crippen LogP contribution in [0.3, 0.4) is 0 Å². The van der Waals surface area contributed by atoms with Crippen molar-refractivity contribution in [3.05, 3.63) is 89.5 Å². The van der Waals surface area contributed by atoms with Gasteiger partial charge >= 0.3 is 0 Å². The van der Waals surface area contributed by atoms with Crippen molar-refractivity contribution in [1.82, 2.24) is 5.01 Å². The van der Waals surface area contributed by atoms with Crippen LogP contribution in [0.15, 0.2) is 82.9 Å². The predicted molar refractivity (Wildman–Crippen MR) is 150 cm³/mol. The van der Waals surface area contributed by atoms with Crippen molar-refractivity contribution in [1.29, 1.82) is 0 Å². The van der Waals surface area contributed by atoms with Crippen molar-refractivity contribution in [3.8, 4) is 11.5 Å². The Morgan fingerprint density at radius 3 is 2.37 bits per heavy atom. The van der Waals surface area contributed by atoms with Gasteiger partial charge in [-0.15, -0.1) is 0 Å². The number of nitrogens with zero attached hydrogens (tertiary/aromatic N) is 3. The largest absolute Gasteiger partial charge is 0.497 e. The van der Waals surface area contributed by atoms with E-state index in [4.69, 9.17) is 14.6 Å².